The summed E-state index contributed by atoms with van der Waals surface area (Å²) >= 11 is 6.31. The van der Waals surface area contributed by atoms with E-state index in [-0.39, 0.29) is 34.6 Å². The predicted octanol–water partition coefficient (Wildman–Crippen LogP) is 4.06. The Labute approximate surface area is 208 Å². The van der Waals surface area contributed by atoms with Crippen molar-refractivity contribution in [1.82, 2.24) is 0 Å². The minimum absolute atomic E-state index is 0.0434. The molecule has 0 aromatic heterocycles. The average Bonchev–Trinajstić information content (AvgIpc) is 3.01. The predicted molar refractivity (Wildman–Crippen MR) is 134 cm³/mol. The van der Waals surface area contributed by atoms with Gasteiger partial charge < -0.3 is 15.4 Å². The molecular weight excluding hydrogens is 466 g/mol. The summed E-state index contributed by atoms with van der Waals surface area (Å²) in [5, 5.41) is 0.473. The van der Waals surface area contributed by atoms with Crippen molar-refractivity contribution < 1.29 is 19.1 Å². The summed E-state index contributed by atoms with van der Waals surface area (Å²) in [4.78, 5) is 44.8. The number of allylic oxidation sites excluding steroid dienone is 1. The molecule has 180 valence electrons. The van der Waals surface area contributed by atoms with Gasteiger partial charge in [-0.1, -0.05) is 49.7 Å². The number of anilines is 2. The number of nitrogens with zero attached hydrogens (tertiary/aromatic N) is 2. The number of likely N-dealkylation sites (N-methyl/N-ethyl adjacent to an activating group) is 1. The van der Waals surface area contributed by atoms with E-state index in [2.05, 4.69) is 0 Å². The van der Waals surface area contributed by atoms with Gasteiger partial charge in [-0.15, -0.1) is 0 Å². The van der Waals surface area contributed by atoms with Crippen LogP contribution in [0, 0.1) is 5.41 Å². The molecule has 7 nitrogen and oxygen atoms in total. The number of methoxy groups -OCH3 is 1. The summed E-state index contributed by atoms with van der Waals surface area (Å²) in [6, 6.07) is 14.2. The summed E-state index contributed by atoms with van der Waals surface area (Å²) in [5.41, 5.74) is 7.27. The Kier molecular flexibility index (Phi) is 5.11. The molecular formula is C27H26ClN3O4. The molecule has 1 spiro atoms. The highest BCUT2D eigenvalue weighted by Crippen LogP contribution is 2.58. The van der Waals surface area contributed by atoms with Crippen molar-refractivity contribution in [1.29, 1.82) is 0 Å². The van der Waals surface area contributed by atoms with Gasteiger partial charge in [0.15, 0.2) is 5.78 Å². The van der Waals surface area contributed by atoms with Crippen LogP contribution in [0.25, 0.3) is 0 Å². The van der Waals surface area contributed by atoms with Gasteiger partial charge in [0.1, 0.15) is 16.8 Å². The Balaban J connectivity index is 1.95. The third kappa shape index (κ3) is 3.07. The van der Waals surface area contributed by atoms with E-state index in [0.717, 1.165) is 0 Å². The number of para-hydroxylation sites is 1. The lowest BCUT2D eigenvalue weighted by atomic mass is 9.60. The second-order valence-corrected chi connectivity index (χ2v) is 10.4. The molecule has 2 heterocycles. The van der Waals surface area contributed by atoms with Crippen LogP contribution in [-0.4, -0.2) is 31.8 Å². The monoisotopic (exact) mass is 491 g/mol. The van der Waals surface area contributed by atoms with E-state index in [1.54, 1.807) is 54.4 Å². The van der Waals surface area contributed by atoms with Crippen molar-refractivity contribution in [2.24, 2.45) is 11.1 Å². The Morgan fingerprint density at radius 2 is 1.80 bits per heavy atom. The zero-order valence-electron chi connectivity index (χ0n) is 20.0. The fourth-order valence-corrected chi connectivity index (χ4v) is 5.98. The van der Waals surface area contributed by atoms with Crippen LogP contribution in [0.1, 0.15) is 32.3 Å². The number of fused-ring (bicyclic) bond motifs is 3. The number of ketones is 1. The van der Waals surface area contributed by atoms with Gasteiger partial charge in [0.05, 0.1) is 7.11 Å². The molecule has 0 radical (unpaired) electrons. The maximum Gasteiger partial charge on any atom is 0.339 e. The number of hydrogen-bond acceptors (Lipinski definition) is 6. The highest BCUT2D eigenvalue weighted by Gasteiger charge is 2.64. The second kappa shape index (κ2) is 7.71. The number of nitrogens with two attached hydrogens (primary N) is 1. The molecule has 8 heteroatoms. The second-order valence-electron chi connectivity index (χ2n) is 9.96. The van der Waals surface area contributed by atoms with E-state index in [9.17, 15) is 14.4 Å². The molecule has 0 saturated heterocycles. The van der Waals surface area contributed by atoms with E-state index in [4.69, 9.17) is 22.1 Å². The molecule has 2 aromatic rings. The largest absolute Gasteiger partial charge is 0.466 e. The first-order valence-corrected chi connectivity index (χ1v) is 11.7. The first-order valence-electron chi connectivity index (χ1n) is 11.3. The molecule has 2 N–H and O–H groups in total. The fourth-order valence-electron chi connectivity index (χ4n) is 5.79. The normalized spacial score (nSPS) is 23.1. The number of hydrogen-bond donors (Lipinski definition) is 1. The number of rotatable bonds is 2. The standard InChI is InChI=1S/C27H26ClN3O4/c1-26(2)13-19-21(20(32)14-26)27(17-10-5-6-11-18(17)30(3)25(27)34)22(24(33)35-4)23(29)31(19)16-9-7-8-15(28)12-16/h5-12H,13-14,29H2,1-4H3. The van der Waals surface area contributed by atoms with Crippen molar-refractivity contribution in [3.63, 3.8) is 0 Å². The summed E-state index contributed by atoms with van der Waals surface area (Å²) in [6.07, 6.45) is 0.696. The number of carbonyl (C=O) groups excluding carboxylic acids is 3. The van der Waals surface area contributed by atoms with Crippen LogP contribution in [0.3, 0.4) is 0 Å². The van der Waals surface area contributed by atoms with E-state index < -0.39 is 17.3 Å². The molecule has 1 atom stereocenters. The molecule has 2 aliphatic heterocycles. The zero-order chi connectivity index (χ0) is 25.3. The van der Waals surface area contributed by atoms with Crippen LogP contribution in [-0.2, 0) is 24.5 Å². The van der Waals surface area contributed by atoms with Gasteiger partial charge >= 0.3 is 5.97 Å². The average molecular weight is 492 g/mol. The maximum atomic E-state index is 14.2. The lowest BCUT2D eigenvalue weighted by Gasteiger charge is -2.47. The number of benzene rings is 2. The molecule has 35 heavy (non-hydrogen) atoms. The van der Waals surface area contributed by atoms with Gasteiger partial charge in [0.25, 0.3) is 0 Å². The Morgan fingerprint density at radius 3 is 2.49 bits per heavy atom. The number of ether oxygens (including phenoxy) is 1. The number of amides is 1. The number of carbonyl (C=O) groups is 3. The minimum Gasteiger partial charge on any atom is -0.466 e. The van der Waals surface area contributed by atoms with Crippen LogP contribution < -0.4 is 15.5 Å². The topological polar surface area (TPSA) is 92.9 Å². The van der Waals surface area contributed by atoms with Gasteiger partial charge in [0, 0.05) is 46.7 Å². The molecule has 5 rings (SSSR count). The molecule has 3 aliphatic rings. The van der Waals surface area contributed by atoms with Gasteiger partial charge in [0.2, 0.25) is 5.91 Å². The van der Waals surface area contributed by atoms with Crippen LogP contribution in [0.2, 0.25) is 5.02 Å². The molecule has 1 unspecified atom stereocenters. The van der Waals surface area contributed by atoms with Crippen molar-refractivity contribution in [2.75, 3.05) is 24.0 Å². The third-order valence-electron chi connectivity index (χ3n) is 7.12. The zero-order valence-corrected chi connectivity index (χ0v) is 20.8. The Morgan fingerprint density at radius 1 is 1.09 bits per heavy atom. The molecule has 1 aliphatic carbocycles. The van der Waals surface area contributed by atoms with Crippen LogP contribution in [0.4, 0.5) is 11.4 Å². The van der Waals surface area contributed by atoms with Crippen molar-refractivity contribution >= 4 is 40.6 Å². The summed E-state index contributed by atoms with van der Waals surface area (Å²) < 4.78 is 5.18. The summed E-state index contributed by atoms with van der Waals surface area (Å²) in [5.74, 6) is -1.33. The molecule has 1 amide bonds. The van der Waals surface area contributed by atoms with E-state index in [0.29, 0.717) is 34.1 Å². The highest BCUT2D eigenvalue weighted by atomic mass is 35.5. The first kappa shape index (κ1) is 23.2. The fraction of sp³-hybridized carbons (Fsp3) is 0.296. The Bertz CT molecular complexity index is 1380. The molecule has 0 saturated carbocycles. The maximum absolute atomic E-state index is 14.2. The van der Waals surface area contributed by atoms with E-state index >= 15 is 0 Å². The van der Waals surface area contributed by atoms with Gasteiger partial charge in [-0.25, -0.2) is 4.79 Å². The van der Waals surface area contributed by atoms with E-state index in [1.165, 1.54) is 12.0 Å². The first-order chi connectivity index (χ1) is 16.5. The number of esters is 1. The lowest BCUT2D eigenvalue weighted by molar-refractivity contribution is -0.138. The van der Waals surface area contributed by atoms with Crippen LogP contribution >= 0.6 is 11.6 Å². The molecule has 0 fully saturated rings. The van der Waals surface area contributed by atoms with Gasteiger partial charge in [-0.2, -0.15) is 0 Å². The molecule has 2 aromatic carbocycles. The van der Waals surface area contributed by atoms with E-state index in [1.807, 2.05) is 19.9 Å². The number of Topliss-reactive ketones (excluding diaryl/α,β-unsaturated/α-hetero) is 1. The smallest absolute Gasteiger partial charge is 0.339 e. The van der Waals surface area contributed by atoms with Crippen LogP contribution in [0.15, 0.2) is 71.2 Å². The Hall–Kier alpha value is -3.58. The highest BCUT2D eigenvalue weighted by molar-refractivity contribution is 6.31. The lowest BCUT2D eigenvalue weighted by Crippen LogP contribution is -2.55. The SMILES string of the molecule is COC(=O)C1=C(N)N(c2cccc(Cl)c2)C2=C(C(=O)CC(C)(C)C2)C12C(=O)N(C)c1ccccc12. The molecule has 0 bridgehead atoms. The van der Waals surface area contributed by atoms with Gasteiger partial charge in [-0.3, -0.25) is 14.5 Å². The van der Waals surface area contributed by atoms with Crippen LogP contribution in [0.5, 0.6) is 0 Å². The quantitative estimate of drug-likeness (QED) is 0.637. The van der Waals surface area contributed by atoms with Crippen molar-refractivity contribution in [3.05, 3.63) is 81.8 Å². The summed E-state index contributed by atoms with van der Waals surface area (Å²) in [7, 11) is 2.88. The minimum atomic E-state index is -1.69. The van der Waals surface area contributed by atoms with Crippen molar-refractivity contribution in [3.8, 4) is 0 Å². The van der Waals surface area contributed by atoms with Crippen molar-refractivity contribution in [2.45, 2.75) is 32.1 Å². The summed E-state index contributed by atoms with van der Waals surface area (Å²) in [6.45, 7) is 4.01. The van der Waals surface area contributed by atoms with Gasteiger partial charge in [-0.05, 0) is 36.1 Å². The number of halogens is 1. The third-order valence-corrected chi connectivity index (χ3v) is 7.36.